The SMILES string of the molecule is C=C(NC(C)C)OC1CCOC1.C=C(NC(C)C)OC1CCOCC1.CC(C)N1CCC(C#N)CC1.CC(C)N1CCC(C)(O)CC1.CC(C)N1CCC(O)CC1.CC(C)N1CCCC1=O.CC(C)Nc1ccccc1F.COC1CCN(C(C)C)CC1. The van der Waals surface area contributed by atoms with E-state index in [0.29, 0.717) is 84.3 Å². The van der Waals surface area contributed by atoms with Crippen molar-refractivity contribution in [3.8, 4) is 6.07 Å². The Balaban J connectivity index is 0.000000504. The van der Waals surface area contributed by atoms with Crippen molar-refractivity contribution < 1.29 is 43.1 Å². The number of hydrogen-bond donors (Lipinski definition) is 5. The van der Waals surface area contributed by atoms with Gasteiger partial charge in [0.15, 0.2) is 11.8 Å². The van der Waals surface area contributed by atoms with Crippen LogP contribution in [0.1, 0.15) is 201 Å². The number of ether oxygens (including phenoxy) is 5. The van der Waals surface area contributed by atoms with Gasteiger partial charge in [-0.2, -0.15) is 5.26 Å². The molecule has 1 unspecified atom stereocenters. The predicted molar refractivity (Wildman–Crippen MR) is 362 cm³/mol. The normalized spacial score (nSPS) is 20.8. The number of nitrogens with one attached hydrogen (secondary N) is 3. The first-order valence-electron chi connectivity index (χ1n) is 34.0. The number of aliphatic hydroxyl groups excluding tert-OH is 1. The number of carbonyl (C=O) groups excluding carboxylic acids is 1. The Kier molecular flexibility index (Phi) is 43.3. The number of hydrogen-bond acceptors (Lipinski definition) is 16. The van der Waals surface area contributed by atoms with Gasteiger partial charge in [-0.25, -0.2) is 4.39 Å². The fourth-order valence-corrected chi connectivity index (χ4v) is 10.7. The molecule has 5 N–H and O–H groups in total. The predicted octanol–water partition coefficient (Wildman–Crippen LogP) is 11.8. The third-order valence-corrected chi connectivity index (χ3v) is 16.4. The number of amides is 1. The highest BCUT2D eigenvalue weighted by atomic mass is 19.1. The van der Waals surface area contributed by atoms with E-state index in [1.165, 1.54) is 32.0 Å². The summed E-state index contributed by atoms with van der Waals surface area (Å²) in [7, 11) is 1.82. The summed E-state index contributed by atoms with van der Waals surface area (Å²) in [6.07, 6.45) is 14.0. The first kappa shape index (κ1) is 82.2. The van der Waals surface area contributed by atoms with Crippen molar-refractivity contribution in [3.63, 3.8) is 0 Å². The highest BCUT2D eigenvalue weighted by Crippen LogP contribution is 2.23. The number of aliphatic hydroxyl groups is 2. The summed E-state index contributed by atoms with van der Waals surface area (Å²) in [5, 5.41) is 36.7. The van der Waals surface area contributed by atoms with Crippen LogP contribution in [0.15, 0.2) is 49.2 Å². The van der Waals surface area contributed by atoms with Crippen molar-refractivity contribution in [3.05, 3.63) is 55.0 Å². The maximum absolute atomic E-state index is 12.9. The van der Waals surface area contributed by atoms with Crippen molar-refractivity contribution >= 4 is 11.6 Å². The number of likely N-dealkylation sites (tertiary alicyclic amines) is 5. The second kappa shape index (κ2) is 46.3. The lowest BCUT2D eigenvalue weighted by atomic mass is 9.93. The molecule has 0 bridgehead atoms. The van der Waals surface area contributed by atoms with Crippen molar-refractivity contribution in [2.45, 2.75) is 280 Å². The van der Waals surface area contributed by atoms with E-state index in [2.05, 4.69) is 152 Å². The zero-order valence-corrected chi connectivity index (χ0v) is 59.0. The minimum Gasteiger partial charge on any atom is -0.476 e. The summed E-state index contributed by atoms with van der Waals surface area (Å²) >= 11 is 0. The molecule has 0 saturated carbocycles. The number of methoxy groups -OCH3 is 1. The van der Waals surface area contributed by atoms with E-state index in [-0.39, 0.29) is 30.2 Å². The molecule has 7 saturated heterocycles. The van der Waals surface area contributed by atoms with Gasteiger partial charge in [-0.15, -0.1) is 0 Å². The highest BCUT2D eigenvalue weighted by Gasteiger charge is 2.28. The van der Waals surface area contributed by atoms with Crippen LogP contribution in [0.5, 0.6) is 0 Å². The lowest BCUT2D eigenvalue weighted by Crippen LogP contribution is -2.45. The van der Waals surface area contributed by atoms with Gasteiger partial charge in [0.25, 0.3) is 0 Å². The zero-order valence-electron chi connectivity index (χ0n) is 59.0. The molecule has 0 radical (unpaired) electrons. The first-order chi connectivity index (χ1) is 41.5. The van der Waals surface area contributed by atoms with E-state index in [0.717, 1.165) is 136 Å². The van der Waals surface area contributed by atoms with Crippen LogP contribution in [-0.4, -0.2) is 211 Å². The van der Waals surface area contributed by atoms with E-state index in [4.69, 9.17) is 28.9 Å². The van der Waals surface area contributed by atoms with Crippen molar-refractivity contribution in [1.82, 2.24) is 35.1 Å². The Morgan fingerprint density at radius 2 is 1.05 bits per heavy atom. The van der Waals surface area contributed by atoms with Crippen LogP contribution < -0.4 is 16.0 Å². The van der Waals surface area contributed by atoms with Crippen molar-refractivity contribution in [2.24, 2.45) is 5.92 Å². The molecule has 0 aliphatic carbocycles. The largest absolute Gasteiger partial charge is 0.476 e. The van der Waals surface area contributed by atoms with Gasteiger partial charge in [0, 0.05) is 133 Å². The molecule has 512 valence electrons. The average Bonchev–Trinajstić information content (AvgIpc) is 4.20. The Bertz CT molecular complexity index is 1980. The van der Waals surface area contributed by atoms with Gasteiger partial charge in [0.05, 0.1) is 56.0 Å². The number of piperidine rings is 4. The molecule has 7 fully saturated rings. The number of anilines is 1. The Morgan fingerprint density at radius 3 is 1.42 bits per heavy atom. The molecule has 17 nitrogen and oxygen atoms in total. The van der Waals surface area contributed by atoms with Crippen LogP contribution in [-0.2, 0) is 28.5 Å². The third kappa shape index (κ3) is 38.8. The summed E-state index contributed by atoms with van der Waals surface area (Å²) in [6, 6.07) is 13.1. The lowest BCUT2D eigenvalue weighted by Gasteiger charge is -2.37. The molecule has 7 aliphatic rings. The van der Waals surface area contributed by atoms with Crippen LogP contribution >= 0.6 is 0 Å². The monoisotopic (exact) mass is 1250 g/mol. The number of carbonyl (C=O) groups is 1. The second-order valence-corrected chi connectivity index (χ2v) is 27.1. The smallest absolute Gasteiger partial charge is 0.222 e. The summed E-state index contributed by atoms with van der Waals surface area (Å²) < 4.78 is 39.7. The van der Waals surface area contributed by atoms with Gasteiger partial charge in [-0.1, -0.05) is 12.1 Å². The molecular formula is C70H132FN9O8. The van der Waals surface area contributed by atoms with E-state index >= 15 is 0 Å². The molecule has 88 heavy (non-hydrogen) atoms. The Labute approximate surface area is 537 Å². The summed E-state index contributed by atoms with van der Waals surface area (Å²) in [6.45, 7) is 56.5. The topological polar surface area (TPSA) is 180 Å². The van der Waals surface area contributed by atoms with E-state index in [1.807, 2.05) is 38.8 Å². The van der Waals surface area contributed by atoms with E-state index < -0.39 is 5.60 Å². The number of nitriles is 1. The van der Waals surface area contributed by atoms with Crippen molar-refractivity contribution in [2.75, 3.05) is 97.8 Å². The number of rotatable bonds is 16. The molecule has 1 amide bonds. The van der Waals surface area contributed by atoms with E-state index in [9.17, 15) is 19.4 Å². The maximum atomic E-state index is 12.9. The Morgan fingerprint density at radius 1 is 0.614 bits per heavy atom. The summed E-state index contributed by atoms with van der Waals surface area (Å²) in [5.41, 5.74) is 0.174. The molecule has 1 aromatic carbocycles. The van der Waals surface area contributed by atoms with Gasteiger partial charge in [0.2, 0.25) is 5.91 Å². The summed E-state index contributed by atoms with van der Waals surface area (Å²) in [5.74, 6) is 1.79. The lowest BCUT2D eigenvalue weighted by molar-refractivity contribution is -0.129. The standard InChI is InChI=1S/C10H19NO2.C9H12FN.C9H16N2.C9H17NO2.2C9H19NO.C8H17NO.C7H13NO/c1-8(2)11-9(3)13-10-4-6-12-7-5-10;1-7(2)11-9-6-4-3-5-8(9)10;1-8(2)11-5-3-9(7-10)4-6-11;1-7(2)10-8(3)12-9-4-5-11-6-9;1-8(2)10-6-4-9(11-3)5-7-10;1-8(2)10-6-4-9(3,11)5-7-10;1-7(2)9-5-3-8(10)4-6-9;1-6(2)8-5-3-4-7(8)9/h8,10-11H,3-7H2,1-2H3;3-7,11H,1-2H3;8-9H,3-6H2,1-2H3;7,9-10H,3-6H2,1-2H3;8-9H,4-7H2,1-3H3;8,11H,4-7H2,1-3H3;7-8,10H,3-6H2,1-2H3;6H,3-5H2,1-2H3. The third-order valence-electron chi connectivity index (χ3n) is 16.4. The molecule has 18 heteroatoms. The van der Waals surface area contributed by atoms with Gasteiger partial charge < -0.3 is 74.3 Å². The number of halogens is 1. The quantitative estimate of drug-likeness (QED) is 0.0986. The molecule has 1 aromatic rings. The average molecular weight is 1250 g/mol. The molecule has 8 rings (SSSR count). The molecule has 7 aliphatic heterocycles. The highest BCUT2D eigenvalue weighted by molar-refractivity contribution is 5.78. The summed E-state index contributed by atoms with van der Waals surface area (Å²) in [4.78, 5) is 22.6. The van der Waals surface area contributed by atoms with Crippen LogP contribution in [0, 0.1) is 23.1 Å². The minimum absolute atomic E-state index is 0.0324. The molecular weight excluding hydrogens is 1110 g/mol. The maximum Gasteiger partial charge on any atom is 0.222 e. The van der Waals surface area contributed by atoms with E-state index in [1.54, 1.807) is 12.1 Å². The molecule has 0 aromatic heterocycles. The van der Waals surface area contributed by atoms with Gasteiger partial charge in [-0.3, -0.25) is 4.79 Å². The molecule has 0 spiro atoms. The molecule has 7 heterocycles. The minimum atomic E-state index is -0.397. The fraction of sp³-hybridized carbons (Fsp3) is 0.829. The number of benzene rings is 1. The molecule has 1 atom stereocenters. The zero-order chi connectivity index (χ0) is 66.4. The number of para-hydroxylation sites is 1. The van der Waals surface area contributed by atoms with Crippen LogP contribution in [0.3, 0.4) is 0 Å². The number of nitrogens with zero attached hydrogens (tertiary/aromatic N) is 6. The fourth-order valence-electron chi connectivity index (χ4n) is 10.7. The van der Waals surface area contributed by atoms with Crippen LogP contribution in [0.4, 0.5) is 10.1 Å². The first-order valence-corrected chi connectivity index (χ1v) is 34.0. The van der Waals surface area contributed by atoms with Crippen molar-refractivity contribution in [1.29, 1.82) is 5.26 Å². The Hall–Kier alpha value is -3.77. The van der Waals surface area contributed by atoms with Gasteiger partial charge >= 0.3 is 0 Å². The van der Waals surface area contributed by atoms with Gasteiger partial charge in [-0.05, 0) is 214 Å². The van der Waals surface area contributed by atoms with Gasteiger partial charge in [0.1, 0.15) is 18.0 Å². The van der Waals surface area contributed by atoms with Crippen LogP contribution in [0.2, 0.25) is 0 Å². The van der Waals surface area contributed by atoms with Crippen LogP contribution in [0.25, 0.3) is 0 Å². The second-order valence-electron chi connectivity index (χ2n) is 27.1.